The number of anilines is 2. The molecule has 0 aliphatic heterocycles. The second-order valence-electron chi connectivity index (χ2n) is 4.53. The maximum absolute atomic E-state index is 12.0. The number of aromatic nitrogens is 3. The summed E-state index contributed by atoms with van der Waals surface area (Å²) in [5.74, 6) is 0.800. The van der Waals surface area contributed by atoms with Gasteiger partial charge in [-0.1, -0.05) is 6.07 Å². The molecule has 6 nitrogen and oxygen atoms in total. The molecule has 0 aliphatic carbocycles. The molecule has 0 aliphatic rings. The normalized spacial score (nSPS) is 10.3. The number of rotatable bonds is 5. The van der Waals surface area contributed by atoms with Crippen molar-refractivity contribution in [2.75, 3.05) is 30.9 Å². The Hall–Kier alpha value is -2.37. The molecule has 20 heavy (non-hydrogen) atoms. The molecule has 6 heteroatoms. The summed E-state index contributed by atoms with van der Waals surface area (Å²) in [7, 11) is 3.75. The number of hydrogen-bond donors (Lipinski definition) is 1. The fraction of sp³-hybridized carbons (Fsp3) is 0.357. The molecular formula is C14H19N5O. The zero-order valence-electron chi connectivity index (χ0n) is 12.0. The summed E-state index contributed by atoms with van der Waals surface area (Å²) in [4.78, 5) is 18.2. The molecule has 0 spiro atoms. The molecule has 0 radical (unpaired) electrons. The highest BCUT2D eigenvalue weighted by Crippen LogP contribution is 2.07. The van der Waals surface area contributed by atoms with Crippen LogP contribution in [-0.2, 0) is 6.54 Å². The summed E-state index contributed by atoms with van der Waals surface area (Å²) in [5.41, 5.74) is 1.66. The van der Waals surface area contributed by atoms with Crippen molar-refractivity contribution in [3.05, 3.63) is 46.5 Å². The van der Waals surface area contributed by atoms with Crippen LogP contribution >= 0.6 is 0 Å². The van der Waals surface area contributed by atoms with Crippen LogP contribution in [-0.4, -0.2) is 35.4 Å². The predicted octanol–water partition coefficient (Wildman–Crippen LogP) is 1.18. The Bertz CT molecular complexity index is 620. The lowest BCUT2D eigenvalue weighted by molar-refractivity contribution is 0.636. The summed E-state index contributed by atoms with van der Waals surface area (Å²) in [5, 5.41) is 7.16. The lowest BCUT2D eigenvalue weighted by Crippen LogP contribution is -2.26. The molecule has 0 unspecified atom stereocenters. The zero-order chi connectivity index (χ0) is 14.5. The Morgan fingerprint density at radius 1 is 1.35 bits per heavy atom. The van der Waals surface area contributed by atoms with E-state index in [4.69, 9.17) is 0 Å². The van der Waals surface area contributed by atoms with E-state index in [1.807, 2.05) is 38.1 Å². The van der Waals surface area contributed by atoms with E-state index in [9.17, 15) is 4.79 Å². The third-order valence-corrected chi connectivity index (χ3v) is 3.18. The molecule has 0 bridgehead atoms. The van der Waals surface area contributed by atoms with E-state index in [0.29, 0.717) is 6.54 Å². The molecule has 0 amide bonds. The molecule has 0 atom stereocenters. The predicted molar refractivity (Wildman–Crippen MR) is 80.3 cm³/mol. The summed E-state index contributed by atoms with van der Waals surface area (Å²) in [6.45, 7) is 3.28. The summed E-state index contributed by atoms with van der Waals surface area (Å²) in [6, 6.07) is 5.41. The van der Waals surface area contributed by atoms with Crippen LogP contribution < -0.4 is 15.8 Å². The van der Waals surface area contributed by atoms with E-state index < -0.39 is 0 Å². The van der Waals surface area contributed by atoms with Gasteiger partial charge in [-0.3, -0.25) is 4.79 Å². The first-order valence-electron chi connectivity index (χ1n) is 6.55. The molecule has 106 valence electrons. The van der Waals surface area contributed by atoms with Crippen LogP contribution in [0.15, 0.2) is 35.4 Å². The van der Waals surface area contributed by atoms with E-state index in [0.717, 1.165) is 23.6 Å². The highest BCUT2D eigenvalue weighted by Gasteiger charge is 2.04. The minimum absolute atomic E-state index is 0.111. The van der Waals surface area contributed by atoms with E-state index >= 15 is 0 Å². The van der Waals surface area contributed by atoms with E-state index in [1.165, 1.54) is 4.68 Å². The van der Waals surface area contributed by atoms with Crippen LogP contribution in [0.2, 0.25) is 0 Å². The SMILES string of the molecule is CCN(C)c1cnn(Cc2ccc(NC)nc2)c(=O)c1. The van der Waals surface area contributed by atoms with Gasteiger partial charge < -0.3 is 10.2 Å². The molecule has 2 aromatic rings. The average molecular weight is 273 g/mol. The van der Waals surface area contributed by atoms with Gasteiger partial charge in [0, 0.05) is 32.9 Å². The zero-order valence-corrected chi connectivity index (χ0v) is 12.0. The average Bonchev–Trinajstić information content (AvgIpc) is 2.49. The molecule has 2 heterocycles. The summed E-state index contributed by atoms with van der Waals surface area (Å²) in [6.07, 6.45) is 3.45. The highest BCUT2D eigenvalue weighted by molar-refractivity contribution is 5.41. The van der Waals surface area contributed by atoms with Crippen molar-refractivity contribution in [1.82, 2.24) is 14.8 Å². The Morgan fingerprint density at radius 2 is 2.15 bits per heavy atom. The van der Waals surface area contributed by atoms with Gasteiger partial charge in [0.15, 0.2) is 0 Å². The molecule has 0 saturated heterocycles. The maximum Gasteiger partial charge on any atom is 0.269 e. The molecule has 0 aromatic carbocycles. The van der Waals surface area contributed by atoms with Gasteiger partial charge in [-0.15, -0.1) is 0 Å². The van der Waals surface area contributed by atoms with Gasteiger partial charge >= 0.3 is 0 Å². The molecule has 1 N–H and O–H groups in total. The minimum Gasteiger partial charge on any atom is -0.373 e. The number of hydrogen-bond acceptors (Lipinski definition) is 5. The van der Waals surface area contributed by atoms with Crippen LogP contribution in [0, 0.1) is 0 Å². The third-order valence-electron chi connectivity index (χ3n) is 3.18. The third kappa shape index (κ3) is 3.14. The maximum atomic E-state index is 12.0. The Morgan fingerprint density at radius 3 is 2.70 bits per heavy atom. The van der Waals surface area contributed by atoms with Crippen LogP contribution in [0.5, 0.6) is 0 Å². The standard InChI is InChI=1S/C14H19N5O/c1-4-18(3)12-7-14(20)19(17-9-12)10-11-5-6-13(15-2)16-8-11/h5-9H,4,10H2,1-3H3,(H,15,16). The fourth-order valence-corrected chi connectivity index (χ4v) is 1.77. The smallest absolute Gasteiger partial charge is 0.269 e. The largest absolute Gasteiger partial charge is 0.373 e. The number of nitrogens with one attached hydrogen (secondary N) is 1. The van der Waals surface area contributed by atoms with E-state index in [2.05, 4.69) is 15.4 Å². The quantitative estimate of drug-likeness (QED) is 0.886. The van der Waals surface area contributed by atoms with Crippen molar-refractivity contribution in [1.29, 1.82) is 0 Å². The highest BCUT2D eigenvalue weighted by atomic mass is 16.1. The first-order chi connectivity index (χ1) is 9.63. The topological polar surface area (TPSA) is 63.1 Å². The molecule has 0 saturated carbocycles. The van der Waals surface area contributed by atoms with Crippen LogP contribution in [0.1, 0.15) is 12.5 Å². The van der Waals surface area contributed by atoms with Gasteiger partial charge in [0.1, 0.15) is 5.82 Å². The summed E-state index contributed by atoms with van der Waals surface area (Å²) >= 11 is 0. The van der Waals surface area contributed by atoms with Crippen molar-refractivity contribution >= 4 is 11.5 Å². The second-order valence-corrected chi connectivity index (χ2v) is 4.53. The molecule has 2 rings (SSSR count). The van der Waals surface area contributed by atoms with Crippen LogP contribution in [0.25, 0.3) is 0 Å². The van der Waals surface area contributed by atoms with Gasteiger partial charge in [0.05, 0.1) is 18.4 Å². The Kier molecular flexibility index (Phi) is 4.34. The molecule has 0 fully saturated rings. The minimum atomic E-state index is -0.111. The Balaban J connectivity index is 2.19. The number of pyridine rings is 1. The lowest BCUT2D eigenvalue weighted by Gasteiger charge is -2.16. The van der Waals surface area contributed by atoms with Crippen molar-refractivity contribution in [3.63, 3.8) is 0 Å². The van der Waals surface area contributed by atoms with Gasteiger partial charge in [-0.25, -0.2) is 9.67 Å². The van der Waals surface area contributed by atoms with Gasteiger partial charge in [0.2, 0.25) is 0 Å². The van der Waals surface area contributed by atoms with Gasteiger partial charge in [-0.05, 0) is 18.6 Å². The monoisotopic (exact) mass is 273 g/mol. The van der Waals surface area contributed by atoms with Gasteiger partial charge in [-0.2, -0.15) is 5.10 Å². The van der Waals surface area contributed by atoms with Crippen molar-refractivity contribution in [2.45, 2.75) is 13.5 Å². The Labute approximate surface area is 118 Å². The van der Waals surface area contributed by atoms with Crippen molar-refractivity contribution in [3.8, 4) is 0 Å². The van der Waals surface area contributed by atoms with Crippen molar-refractivity contribution < 1.29 is 0 Å². The fourth-order valence-electron chi connectivity index (χ4n) is 1.77. The van der Waals surface area contributed by atoms with Crippen LogP contribution in [0.3, 0.4) is 0 Å². The molecule has 2 aromatic heterocycles. The van der Waals surface area contributed by atoms with Gasteiger partial charge in [0.25, 0.3) is 5.56 Å². The first-order valence-corrected chi connectivity index (χ1v) is 6.55. The summed E-state index contributed by atoms with van der Waals surface area (Å²) < 4.78 is 1.43. The number of nitrogens with zero attached hydrogens (tertiary/aromatic N) is 4. The second kappa shape index (κ2) is 6.18. The van der Waals surface area contributed by atoms with Crippen LogP contribution in [0.4, 0.5) is 11.5 Å². The molecular weight excluding hydrogens is 254 g/mol. The van der Waals surface area contributed by atoms with E-state index in [-0.39, 0.29) is 5.56 Å². The van der Waals surface area contributed by atoms with Crippen molar-refractivity contribution in [2.24, 2.45) is 0 Å². The first kappa shape index (κ1) is 14.0. The lowest BCUT2D eigenvalue weighted by atomic mass is 10.3. The van der Waals surface area contributed by atoms with E-state index in [1.54, 1.807) is 18.5 Å².